The van der Waals surface area contributed by atoms with E-state index < -0.39 is 0 Å². The summed E-state index contributed by atoms with van der Waals surface area (Å²) in [7, 11) is 0. The van der Waals surface area contributed by atoms with Gasteiger partial charge in [-0.05, 0) is 68.0 Å². The fourth-order valence-corrected chi connectivity index (χ4v) is 5.71. The Bertz CT molecular complexity index is 1110. The lowest BCUT2D eigenvalue weighted by molar-refractivity contribution is 0.100. The maximum Gasteiger partial charge on any atom is 0.298 e. The van der Waals surface area contributed by atoms with Crippen LogP contribution in [0.5, 0.6) is 0 Å². The number of hydrogen-bond donors (Lipinski definition) is 2. The number of para-hydroxylation sites is 1. The molecule has 1 aromatic heterocycles. The van der Waals surface area contributed by atoms with E-state index in [1.807, 2.05) is 30.3 Å². The van der Waals surface area contributed by atoms with Gasteiger partial charge in [0, 0.05) is 36.2 Å². The standard InChI is InChI=1S/C25H30Cl2N4O2/c1-16(20-8-7-19(26)12-21(20)27)28-22-5-2-6-23-24(22)33-25(29-23)31-14-18(15-31)17-4-3-9-30(13-17)10-11-32/h2,5-8,12,16-18,28,32H,3-4,9-11,13-15H2,1H3/t16-,17+/m1/s1. The van der Waals surface area contributed by atoms with Gasteiger partial charge < -0.3 is 24.6 Å². The van der Waals surface area contributed by atoms with Gasteiger partial charge in [-0.15, -0.1) is 0 Å². The number of aromatic nitrogens is 1. The molecule has 33 heavy (non-hydrogen) atoms. The van der Waals surface area contributed by atoms with Gasteiger partial charge in [-0.25, -0.2) is 0 Å². The fourth-order valence-electron chi connectivity index (χ4n) is 5.14. The molecule has 2 aliphatic heterocycles. The molecule has 2 atom stereocenters. The third-order valence-corrected chi connectivity index (χ3v) is 7.57. The van der Waals surface area contributed by atoms with Crippen molar-refractivity contribution >= 4 is 46.0 Å². The van der Waals surface area contributed by atoms with Crippen molar-refractivity contribution in [3.05, 3.63) is 52.0 Å². The van der Waals surface area contributed by atoms with E-state index >= 15 is 0 Å². The van der Waals surface area contributed by atoms with Crippen LogP contribution in [0.25, 0.3) is 11.1 Å². The smallest absolute Gasteiger partial charge is 0.298 e. The first-order valence-electron chi connectivity index (χ1n) is 11.7. The molecule has 2 saturated heterocycles. The Hall–Kier alpha value is -1.99. The van der Waals surface area contributed by atoms with Crippen molar-refractivity contribution in [3.8, 4) is 0 Å². The number of oxazole rings is 1. The molecule has 0 spiro atoms. The van der Waals surface area contributed by atoms with Crippen LogP contribution in [-0.2, 0) is 0 Å². The highest BCUT2D eigenvalue weighted by Crippen LogP contribution is 2.37. The predicted molar refractivity (Wildman–Crippen MR) is 134 cm³/mol. The molecule has 0 unspecified atom stereocenters. The van der Waals surface area contributed by atoms with Crippen molar-refractivity contribution in [2.24, 2.45) is 11.8 Å². The number of anilines is 2. The lowest BCUT2D eigenvalue weighted by Crippen LogP contribution is -2.53. The van der Waals surface area contributed by atoms with Crippen LogP contribution < -0.4 is 10.2 Å². The first-order chi connectivity index (χ1) is 16.0. The minimum atomic E-state index is -0.0181. The number of aliphatic hydroxyl groups is 1. The quantitative estimate of drug-likeness (QED) is 0.460. The van der Waals surface area contributed by atoms with E-state index in [9.17, 15) is 5.11 Å². The molecule has 3 heterocycles. The first-order valence-corrected chi connectivity index (χ1v) is 12.5. The highest BCUT2D eigenvalue weighted by atomic mass is 35.5. The predicted octanol–water partition coefficient (Wildman–Crippen LogP) is 5.45. The van der Waals surface area contributed by atoms with E-state index in [0.29, 0.717) is 27.9 Å². The van der Waals surface area contributed by atoms with Gasteiger partial charge in [-0.3, -0.25) is 0 Å². The van der Waals surface area contributed by atoms with Crippen molar-refractivity contribution in [2.45, 2.75) is 25.8 Å². The van der Waals surface area contributed by atoms with E-state index in [-0.39, 0.29) is 12.6 Å². The molecule has 2 aliphatic rings. The number of hydrogen-bond acceptors (Lipinski definition) is 6. The minimum Gasteiger partial charge on any atom is -0.421 e. The highest BCUT2D eigenvalue weighted by Gasteiger charge is 2.37. The molecular weight excluding hydrogens is 459 g/mol. The summed E-state index contributed by atoms with van der Waals surface area (Å²) < 4.78 is 6.24. The van der Waals surface area contributed by atoms with Gasteiger partial charge >= 0.3 is 0 Å². The van der Waals surface area contributed by atoms with Gasteiger partial charge in [0.2, 0.25) is 0 Å². The Kier molecular flexibility index (Phi) is 6.70. The van der Waals surface area contributed by atoms with Crippen LogP contribution in [0.3, 0.4) is 0 Å². The third kappa shape index (κ3) is 4.80. The lowest BCUT2D eigenvalue weighted by Gasteiger charge is -2.45. The number of nitrogens with zero attached hydrogens (tertiary/aromatic N) is 3. The molecule has 6 nitrogen and oxygen atoms in total. The molecular formula is C25H30Cl2N4O2. The van der Waals surface area contributed by atoms with Crippen LogP contribution in [0.4, 0.5) is 11.7 Å². The number of piperidine rings is 1. The second kappa shape index (κ2) is 9.71. The van der Waals surface area contributed by atoms with Gasteiger partial charge in [0.25, 0.3) is 6.01 Å². The van der Waals surface area contributed by atoms with Gasteiger partial charge in [0.05, 0.1) is 18.3 Å². The summed E-state index contributed by atoms with van der Waals surface area (Å²) in [5, 5.41) is 14.0. The Balaban J connectivity index is 1.27. The summed E-state index contributed by atoms with van der Waals surface area (Å²) in [6.07, 6.45) is 2.49. The fraction of sp³-hybridized carbons (Fsp3) is 0.480. The normalized spacial score (nSPS) is 20.7. The Morgan fingerprint density at radius 1 is 1.18 bits per heavy atom. The third-order valence-electron chi connectivity index (χ3n) is 7.01. The summed E-state index contributed by atoms with van der Waals surface area (Å²) in [5.41, 5.74) is 3.49. The Morgan fingerprint density at radius 3 is 2.82 bits per heavy atom. The number of likely N-dealkylation sites (tertiary alicyclic amines) is 1. The van der Waals surface area contributed by atoms with Crippen molar-refractivity contribution in [1.29, 1.82) is 0 Å². The lowest BCUT2D eigenvalue weighted by atomic mass is 9.81. The molecule has 0 radical (unpaired) electrons. The van der Waals surface area contributed by atoms with Gasteiger partial charge in [0.15, 0.2) is 5.58 Å². The number of halogens is 2. The van der Waals surface area contributed by atoms with E-state index in [1.165, 1.54) is 12.8 Å². The van der Waals surface area contributed by atoms with Crippen LogP contribution in [0.15, 0.2) is 40.8 Å². The molecule has 0 bridgehead atoms. The number of β-amino-alcohol motifs (C(OH)–C–C–N with tert-alkyl or cyclic N) is 1. The molecule has 8 heteroatoms. The van der Waals surface area contributed by atoms with Gasteiger partial charge in [-0.1, -0.05) is 35.3 Å². The topological polar surface area (TPSA) is 64.8 Å². The zero-order valence-electron chi connectivity index (χ0n) is 18.8. The van der Waals surface area contributed by atoms with Gasteiger partial charge in [0.1, 0.15) is 5.52 Å². The molecule has 2 aromatic carbocycles. The Labute approximate surface area is 204 Å². The SMILES string of the molecule is C[C@@H](Nc1cccc2nc(N3CC([C@H]4CCCN(CCO)C4)C3)oc12)c1ccc(Cl)cc1Cl. The average Bonchev–Trinajstić information content (AvgIpc) is 3.18. The zero-order valence-corrected chi connectivity index (χ0v) is 20.3. The van der Waals surface area contributed by atoms with Crippen LogP contribution in [-0.4, -0.2) is 54.3 Å². The molecule has 0 aliphatic carbocycles. The maximum absolute atomic E-state index is 9.25. The Morgan fingerprint density at radius 2 is 2.03 bits per heavy atom. The number of benzene rings is 2. The summed E-state index contributed by atoms with van der Waals surface area (Å²) in [4.78, 5) is 9.39. The van der Waals surface area contributed by atoms with E-state index in [4.69, 9.17) is 32.6 Å². The number of fused-ring (bicyclic) bond motifs is 1. The summed E-state index contributed by atoms with van der Waals surface area (Å²) in [6.45, 7) is 7.24. The summed E-state index contributed by atoms with van der Waals surface area (Å²) in [5.74, 6) is 1.35. The molecule has 176 valence electrons. The van der Waals surface area contributed by atoms with E-state index in [1.54, 1.807) is 6.07 Å². The highest BCUT2D eigenvalue weighted by molar-refractivity contribution is 6.35. The molecule has 2 N–H and O–H groups in total. The van der Waals surface area contributed by atoms with Crippen molar-refractivity contribution in [2.75, 3.05) is 49.5 Å². The number of aliphatic hydroxyl groups excluding tert-OH is 1. The van der Waals surface area contributed by atoms with Crippen LogP contribution in [0.1, 0.15) is 31.4 Å². The van der Waals surface area contributed by atoms with E-state index in [0.717, 1.165) is 55.1 Å². The zero-order chi connectivity index (χ0) is 22.9. The number of rotatable bonds is 7. The van der Waals surface area contributed by atoms with Gasteiger partial charge in [-0.2, -0.15) is 4.98 Å². The average molecular weight is 489 g/mol. The summed E-state index contributed by atoms with van der Waals surface area (Å²) >= 11 is 12.5. The van der Waals surface area contributed by atoms with Crippen LogP contribution in [0.2, 0.25) is 10.0 Å². The van der Waals surface area contributed by atoms with Crippen molar-refractivity contribution in [1.82, 2.24) is 9.88 Å². The molecule has 2 fully saturated rings. The van der Waals surface area contributed by atoms with Crippen LogP contribution >= 0.6 is 23.2 Å². The van der Waals surface area contributed by atoms with Crippen molar-refractivity contribution in [3.63, 3.8) is 0 Å². The molecule has 0 saturated carbocycles. The first kappa shape index (κ1) is 22.8. The molecule has 3 aromatic rings. The molecule has 0 amide bonds. The monoisotopic (exact) mass is 488 g/mol. The second-order valence-corrected chi connectivity index (χ2v) is 10.1. The molecule has 5 rings (SSSR count). The van der Waals surface area contributed by atoms with Crippen LogP contribution in [0, 0.1) is 11.8 Å². The minimum absolute atomic E-state index is 0.0181. The number of nitrogens with one attached hydrogen (secondary N) is 1. The summed E-state index contributed by atoms with van der Waals surface area (Å²) in [6, 6.07) is 12.2. The largest absolute Gasteiger partial charge is 0.421 e. The van der Waals surface area contributed by atoms with E-state index in [2.05, 4.69) is 22.0 Å². The maximum atomic E-state index is 9.25. The second-order valence-electron chi connectivity index (χ2n) is 9.27. The van der Waals surface area contributed by atoms with Crippen molar-refractivity contribution < 1.29 is 9.52 Å².